The zero-order chi connectivity index (χ0) is 19.0. The Labute approximate surface area is 158 Å². The van der Waals surface area contributed by atoms with E-state index in [4.69, 9.17) is 0 Å². The molecule has 1 N–H and O–H groups in total. The first-order chi connectivity index (χ1) is 13.0. The van der Waals surface area contributed by atoms with Gasteiger partial charge in [-0.2, -0.15) is 0 Å². The van der Waals surface area contributed by atoms with Crippen LogP contribution < -0.4 is 5.32 Å². The summed E-state index contributed by atoms with van der Waals surface area (Å²) >= 11 is 0. The minimum atomic E-state index is -0.412. The zero-order valence-electron chi connectivity index (χ0n) is 15.7. The Balaban J connectivity index is 1.53. The van der Waals surface area contributed by atoms with Crippen LogP contribution >= 0.6 is 0 Å². The lowest BCUT2D eigenvalue weighted by atomic mass is 10.1. The van der Waals surface area contributed by atoms with E-state index in [1.165, 1.54) is 11.3 Å². The molecule has 0 bridgehead atoms. The number of hydrogen-bond acceptors (Lipinski definition) is 3. The van der Waals surface area contributed by atoms with Crippen LogP contribution in [0.2, 0.25) is 0 Å². The van der Waals surface area contributed by atoms with Gasteiger partial charge in [0, 0.05) is 41.1 Å². The lowest BCUT2D eigenvalue weighted by Gasteiger charge is -2.15. The molecule has 1 atom stereocenters. The summed E-state index contributed by atoms with van der Waals surface area (Å²) in [5, 5.41) is 3.89. The Morgan fingerprint density at radius 1 is 1.26 bits per heavy atom. The quantitative estimate of drug-likeness (QED) is 0.706. The van der Waals surface area contributed by atoms with Crippen molar-refractivity contribution < 1.29 is 9.59 Å². The lowest BCUT2D eigenvalue weighted by molar-refractivity contribution is -0.123. The van der Waals surface area contributed by atoms with Crippen LogP contribution in [0.1, 0.15) is 53.5 Å². The van der Waals surface area contributed by atoms with Gasteiger partial charge in [-0.1, -0.05) is 24.3 Å². The number of fused-ring (bicyclic) bond motifs is 2. The first-order valence-electron chi connectivity index (χ1n) is 9.39. The number of aryl methyl sites for hydroxylation is 2. The summed E-state index contributed by atoms with van der Waals surface area (Å²) in [6.45, 7) is 3.87. The molecule has 0 saturated heterocycles. The smallest absolute Gasteiger partial charge is 0.243 e. The van der Waals surface area contributed by atoms with Crippen LogP contribution in [0.25, 0.3) is 10.9 Å². The summed E-state index contributed by atoms with van der Waals surface area (Å²) in [6, 6.07) is 9.43. The maximum absolute atomic E-state index is 12.7. The average molecular weight is 361 g/mol. The van der Waals surface area contributed by atoms with Crippen molar-refractivity contribution in [3.05, 3.63) is 65.1 Å². The summed E-state index contributed by atoms with van der Waals surface area (Å²) in [5.41, 5.74) is 5.06. The van der Waals surface area contributed by atoms with Crippen molar-refractivity contribution in [1.29, 1.82) is 0 Å². The van der Waals surface area contributed by atoms with Crippen molar-refractivity contribution in [2.45, 2.75) is 45.7 Å². The number of nitrogens with one attached hydrogen (secondary N) is 1. The van der Waals surface area contributed by atoms with E-state index in [1.54, 1.807) is 13.1 Å². The van der Waals surface area contributed by atoms with Gasteiger partial charge in [0.25, 0.3) is 0 Å². The number of pyridine rings is 1. The Bertz CT molecular complexity index is 1040. The number of amides is 1. The second kappa shape index (κ2) is 6.99. The van der Waals surface area contributed by atoms with Crippen molar-refractivity contribution >= 4 is 22.6 Å². The van der Waals surface area contributed by atoms with Gasteiger partial charge in [0.1, 0.15) is 6.04 Å². The van der Waals surface area contributed by atoms with E-state index in [2.05, 4.69) is 16.4 Å². The number of benzene rings is 1. The van der Waals surface area contributed by atoms with Gasteiger partial charge in [-0.05, 0) is 50.3 Å². The maximum atomic E-state index is 12.7. The molecule has 27 heavy (non-hydrogen) atoms. The summed E-state index contributed by atoms with van der Waals surface area (Å²) in [5.74, 6) is -0.0758. The number of hydrogen-bond donors (Lipinski definition) is 1. The second-order valence-corrected chi connectivity index (χ2v) is 7.22. The van der Waals surface area contributed by atoms with E-state index in [-0.39, 0.29) is 11.7 Å². The molecule has 5 heteroatoms. The van der Waals surface area contributed by atoms with Crippen molar-refractivity contribution in [3.8, 4) is 0 Å². The predicted molar refractivity (Wildman–Crippen MR) is 105 cm³/mol. The highest BCUT2D eigenvalue weighted by Crippen LogP contribution is 2.25. The van der Waals surface area contributed by atoms with Gasteiger partial charge in [0.2, 0.25) is 5.91 Å². The molecule has 5 nitrogen and oxygen atoms in total. The third-order valence-corrected chi connectivity index (χ3v) is 5.36. The van der Waals surface area contributed by atoms with Gasteiger partial charge in [0.05, 0.1) is 0 Å². The molecule has 0 aliphatic heterocycles. The van der Waals surface area contributed by atoms with Crippen LogP contribution in [0.5, 0.6) is 0 Å². The van der Waals surface area contributed by atoms with E-state index < -0.39 is 6.04 Å². The largest absolute Gasteiger partial charge is 0.350 e. The molecule has 1 aliphatic rings. The highest BCUT2D eigenvalue weighted by molar-refractivity contribution is 6.07. The number of nitrogens with zero attached hydrogens (tertiary/aromatic N) is 2. The Morgan fingerprint density at radius 3 is 2.89 bits per heavy atom. The van der Waals surface area contributed by atoms with Crippen molar-refractivity contribution in [1.82, 2.24) is 14.9 Å². The third-order valence-electron chi connectivity index (χ3n) is 5.36. The van der Waals surface area contributed by atoms with Crippen LogP contribution in [-0.4, -0.2) is 21.2 Å². The molecule has 1 amide bonds. The number of carbonyl (C=O) groups excluding carboxylic acids is 2. The van der Waals surface area contributed by atoms with Crippen LogP contribution in [0.15, 0.2) is 42.7 Å². The molecule has 0 saturated carbocycles. The lowest BCUT2D eigenvalue weighted by Crippen LogP contribution is -2.30. The third kappa shape index (κ3) is 3.25. The molecular weight excluding hydrogens is 338 g/mol. The topological polar surface area (TPSA) is 64.0 Å². The summed E-state index contributed by atoms with van der Waals surface area (Å²) in [6.07, 6.45) is 6.93. The fourth-order valence-corrected chi connectivity index (χ4v) is 3.84. The minimum Gasteiger partial charge on any atom is -0.350 e. The van der Waals surface area contributed by atoms with E-state index in [1.807, 2.05) is 42.0 Å². The van der Waals surface area contributed by atoms with Crippen molar-refractivity contribution in [3.63, 3.8) is 0 Å². The SMILES string of the molecule is CC(=O)c1cn([C@@H](C)C(=O)NCc2cnc3c(c2)CCC3)c2ccccc12. The average Bonchev–Trinajstić information content (AvgIpc) is 3.29. The molecule has 2 aromatic heterocycles. The summed E-state index contributed by atoms with van der Waals surface area (Å²) in [4.78, 5) is 29.2. The van der Waals surface area contributed by atoms with E-state index in [0.29, 0.717) is 12.1 Å². The summed E-state index contributed by atoms with van der Waals surface area (Å²) in [7, 11) is 0. The molecule has 4 rings (SSSR count). The Morgan fingerprint density at radius 2 is 2.07 bits per heavy atom. The number of carbonyl (C=O) groups is 2. The van der Waals surface area contributed by atoms with E-state index in [9.17, 15) is 9.59 Å². The number of Topliss-reactive ketones (excluding diaryl/α,β-unsaturated/α-hetero) is 1. The fraction of sp³-hybridized carbons (Fsp3) is 0.318. The van der Waals surface area contributed by atoms with E-state index >= 15 is 0 Å². The monoisotopic (exact) mass is 361 g/mol. The van der Waals surface area contributed by atoms with Gasteiger partial charge < -0.3 is 9.88 Å². The number of aromatic nitrogens is 2. The van der Waals surface area contributed by atoms with Crippen molar-refractivity contribution in [2.75, 3.05) is 0 Å². The predicted octanol–water partition coefficient (Wildman–Crippen LogP) is 3.61. The first kappa shape index (κ1) is 17.5. The highest BCUT2D eigenvalue weighted by atomic mass is 16.2. The van der Waals surface area contributed by atoms with Crippen molar-refractivity contribution in [2.24, 2.45) is 0 Å². The van der Waals surface area contributed by atoms with Gasteiger partial charge in [-0.25, -0.2) is 0 Å². The van der Waals surface area contributed by atoms with Crippen LogP contribution in [0.3, 0.4) is 0 Å². The Kier molecular flexibility index (Phi) is 4.52. The number of para-hydroxylation sites is 1. The maximum Gasteiger partial charge on any atom is 0.243 e. The van der Waals surface area contributed by atoms with Crippen LogP contribution in [0, 0.1) is 0 Å². The molecular formula is C22H23N3O2. The molecule has 0 fully saturated rings. The molecule has 3 aromatic rings. The zero-order valence-corrected chi connectivity index (χ0v) is 15.7. The van der Waals surface area contributed by atoms with E-state index in [0.717, 1.165) is 35.7 Å². The molecule has 138 valence electrons. The molecule has 0 unspecified atom stereocenters. The Hall–Kier alpha value is -2.95. The van der Waals surface area contributed by atoms with Gasteiger partial charge >= 0.3 is 0 Å². The van der Waals surface area contributed by atoms with Crippen LogP contribution in [0.4, 0.5) is 0 Å². The molecule has 1 aromatic carbocycles. The highest BCUT2D eigenvalue weighted by Gasteiger charge is 2.20. The van der Waals surface area contributed by atoms with Gasteiger partial charge in [-0.15, -0.1) is 0 Å². The molecule has 0 radical (unpaired) electrons. The number of rotatable bonds is 5. The standard InChI is InChI=1S/C22H23N3O2/c1-14(25-13-19(15(2)26)18-7-3-4-9-21(18)25)22(27)24-12-16-10-17-6-5-8-20(17)23-11-16/h3-4,7,9-11,13-14H,5-6,8,12H2,1-2H3,(H,24,27)/t14-/m0/s1. The van der Waals surface area contributed by atoms with Crippen LogP contribution in [-0.2, 0) is 24.2 Å². The molecule has 2 heterocycles. The summed E-state index contributed by atoms with van der Waals surface area (Å²) < 4.78 is 1.88. The van der Waals surface area contributed by atoms with Gasteiger partial charge in [-0.3, -0.25) is 14.6 Å². The first-order valence-corrected chi connectivity index (χ1v) is 9.39. The number of ketones is 1. The minimum absolute atomic E-state index is 0.00164. The normalized spacial score (nSPS) is 14.1. The van der Waals surface area contributed by atoms with Gasteiger partial charge in [0.15, 0.2) is 5.78 Å². The molecule has 0 spiro atoms. The fourth-order valence-electron chi connectivity index (χ4n) is 3.84. The second-order valence-electron chi connectivity index (χ2n) is 7.22. The molecule has 1 aliphatic carbocycles.